The van der Waals surface area contributed by atoms with Crippen LogP contribution in [-0.2, 0) is 0 Å². The highest BCUT2D eigenvalue weighted by molar-refractivity contribution is 6.12. The molecule has 1 unspecified atom stereocenters. The Balaban J connectivity index is 1.90. The molecule has 0 spiro atoms. The predicted molar refractivity (Wildman–Crippen MR) is 88.9 cm³/mol. The van der Waals surface area contributed by atoms with E-state index in [0.717, 1.165) is 5.56 Å². The van der Waals surface area contributed by atoms with Gasteiger partial charge in [-0.2, -0.15) is 0 Å². The fourth-order valence-electron chi connectivity index (χ4n) is 2.47. The van der Waals surface area contributed by atoms with Crippen LogP contribution in [0.15, 0.2) is 48.2 Å². The molecule has 25 heavy (non-hydrogen) atoms. The maximum Gasteiger partial charge on any atom is 0.339 e. The van der Waals surface area contributed by atoms with E-state index in [2.05, 4.69) is 5.32 Å². The third kappa shape index (κ3) is 3.17. The number of carbonyl (C=O) groups is 2. The van der Waals surface area contributed by atoms with Crippen LogP contribution in [0.25, 0.3) is 0 Å². The number of phenols is 1. The molecule has 1 aliphatic rings. The molecule has 3 rings (SSSR count). The number of rotatable bonds is 3. The summed E-state index contributed by atoms with van der Waals surface area (Å²) < 4.78 is 5.33. The largest absolute Gasteiger partial charge is 0.507 e. The maximum atomic E-state index is 12.5. The van der Waals surface area contributed by atoms with Crippen LogP contribution in [0.1, 0.15) is 26.3 Å². The Morgan fingerprint density at radius 2 is 2.00 bits per heavy atom. The maximum absolute atomic E-state index is 12.5. The zero-order valence-corrected chi connectivity index (χ0v) is 13.2. The summed E-state index contributed by atoms with van der Waals surface area (Å²) in [5.74, 6) is -1.73. The van der Waals surface area contributed by atoms with Crippen LogP contribution < -0.4 is 10.1 Å². The smallest absolute Gasteiger partial charge is 0.339 e. The lowest BCUT2D eigenvalue weighted by molar-refractivity contribution is 0.00781. The lowest BCUT2D eigenvalue weighted by Crippen LogP contribution is -2.30. The molecule has 0 saturated carbocycles. The van der Waals surface area contributed by atoms with E-state index >= 15 is 0 Å². The molecule has 128 valence electrons. The number of Topliss-reactive ketones (excluding diaryl/α,β-unsaturated/α-hetero) is 1. The standard InChI is InChI=1S/C18H15NO6/c1-9-2-5-15-12(6-9)16(21)13(18(24)25-15)8-19-10-3-4-14(20)11(7-10)17(22)23/h2-8,18-20,24H,1H3,(H,22,23). The highest BCUT2D eigenvalue weighted by Gasteiger charge is 2.30. The Morgan fingerprint density at radius 3 is 2.72 bits per heavy atom. The van der Waals surface area contributed by atoms with Crippen LogP contribution in [0.4, 0.5) is 5.69 Å². The van der Waals surface area contributed by atoms with Crippen molar-refractivity contribution in [2.45, 2.75) is 13.2 Å². The van der Waals surface area contributed by atoms with E-state index in [4.69, 9.17) is 9.84 Å². The summed E-state index contributed by atoms with van der Waals surface area (Å²) in [4.78, 5) is 23.6. The molecule has 4 N–H and O–H groups in total. The van der Waals surface area contributed by atoms with Crippen LogP contribution >= 0.6 is 0 Å². The summed E-state index contributed by atoms with van der Waals surface area (Å²) in [6.45, 7) is 1.84. The number of ether oxygens (including phenoxy) is 1. The first-order chi connectivity index (χ1) is 11.9. The van der Waals surface area contributed by atoms with Gasteiger partial charge in [-0.3, -0.25) is 4.79 Å². The zero-order valence-electron chi connectivity index (χ0n) is 13.2. The van der Waals surface area contributed by atoms with E-state index in [0.29, 0.717) is 17.0 Å². The van der Waals surface area contributed by atoms with Gasteiger partial charge in [-0.15, -0.1) is 0 Å². The van der Waals surface area contributed by atoms with Crippen molar-refractivity contribution in [2.75, 3.05) is 5.32 Å². The van der Waals surface area contributed by atoms with E-state index in [1.165, 1.54) is 24.4 Å². The minimum Gasteiger partial charge on any atom is -0.507 e. The Labute approximate surface area is 142 Å². The summed E-state index contributed by atoms with van der Waals surface area (Å²) in [6, 6.07) is 8.94. The summed E-state index contributed by atoms with van der Waals surface area (Å²) >= 11 is 0. The monoisotopic (exact) mass is 341 g/mol. The number of aliphatic hydroxyl groups is 1. The number of carbonyl (C=O) groups excluding carboxylic acids is 1. The number of ketones is 1. The number of aliphatic hydroxyl groups excluding tert-OH is 1. The van der Waals surface area contributed by atoms with Crippen LogP contribution in [0.5, 0.6) is 11.5 Å². The van der Waals surface area contributed by atoms with Gasteiger partial charge in [0.05, 0.1) is 11.1 Å². The van der Waals surface area contributed by atoms with Crippen molar-refractivity contribution in [1.82, 2.24) is 0 Å². The van der Waals surface area contributed by atoms with Gasteiger partial charge in [-0.1, -0.05) is 11.6 Å². The predicted octanol–water partition coefficient (Wildman–Crippen LogP) is 2.29. The fourth-order valence-corrected chi connectivity index (χ4v) is 2.47. The number of hydrogen-bond donors (Lipinski definition) is 4. The van der Waals surface area contributed by atoms with Crippen molar-refractivity contribution >= 4 is 17.4 Å². The number of carboxylic acid groups (broad SMARTS) is 1. The van der Waals surface area contributed by atoms with E-state index in [1.807, 2.05) is 6.92 Å². The first-order valence-corrected chi connectivity index (χ1v) is 7.40. The van der Waals surface area contributed by atoms with E-state index in [-0.39, 0.29) is 22.7 Å². The van der Waals surface area contributed by atoms with Crippen molar-refractivity contribution in [1.29, 1.82) is 0 Å². The Kier molecular flexibility index (Phi) is 4.16. The molecule has 7 nitrogen and oxygen atoms in total. The number of hydrogen-bond acceptors (Lipinski definition) is 6. The molecule has 0 saturated heterocycles. The van der Waals surface area contributed by atoms with Crippen molar-refractivity contribution in [3.8, 4) is 11.5 Å². The number of aryl methyl sites for hydroxylation is 1. The summed E-state index contributed by atoms with van der Waals surface area (Å²) in [5, 5.41) is 31.3. The molecule has 0 amide bonds. The number of carboxylic acids is 1. The van der Waals surface area contributed by atoms with Crippen LogP contribution in [0, 0.1) is 6.92 Å². The molecule has 1 aliphatic heterocycles. The molecule has 0 radical (unpaired) electrons. The van der Waals surface area contributed by atoms with E-state index in [1.54, 1.807) is 18.2 Å². The van der Waals surface area contributed by atoms with Gasteiger partial charge in [-0.25, -0.2) is 4.79 Å². The average Bonchev–Trinajstić information content (AvgIpc) is 2.56. The first kappa shape index (κ1) is 16.5. The molecular formula is C18H15NO6. The highest BCUT2D eigenvalue weighted by atomic mass is 16.6. The quantitative estimate of drug-likeness (QED) is 0.500. The topological polar surface area (TPSA) is 116 Å². The molecular weight excluding hydrogens is 326 g/mol. The number of nitrogens with one attached hydrogen (secondary N) is 1. The van der Waals surface area contributed by atoms with Gasteiger partial charge in [0, 0.05) is 11.9 Å². The molecule has 2 aromatic rings. The number of benzene rings is 2. The summed E-state index contributed by atoms with van der Waals surface area (Å²) in [5.41, 5.74) is 1.26. The lowest BCUT2D eigenvalue weighted by Gasteiger charge is -2.24. The zero-order chi connectivity index (χ0) is 18.1. The molecule has 0 aliphatic carbocycles. The van der Waals surface area contributed by atoms with Crippen LogP contribution in [0.3, 0.4) is 0 Å². The molecule has 0 fully saturated rings. The Hall–Kier alpha value is -3.32. The SMILES string of the molecule is Cc1ccc2c(c1)C(=O)C(=CNc1ccc(O)c(C(=O)O)c1)C(O)O2. The highest BCUT2D eigenvalue weighted by Crippen LogP contribution is 2.31. The van der Waals surface area contributed by atoms with Crippen LogP contribution in [-0.4, -0.2) is 33.4 Å². The van der Waals surface area contributed by atoms with E-state index in [9.17, 15) is 19.8 Å². The van der Waals surface area contributed by atoms with Gasteiger partial charge < -0.3 is 25.4 Å². The average molecular weight is 341 g/mol. The number of aromatic carboxylic acids is 1. The molecule has 0 aromatic heterocycles. The molecule has 1 heterocycles. The van der Waals surface area contributed by atoms with Gasteiger partial charge in [0.15, 0.2) is 5.78 Å². The minimum absolute atomic E-state index is 0.0111. The lowest BCUT2D eigenvalue weighted by atomic mass is 9.98. The van der Waals surface area contributed by atoms with Crippen LogP contribution in [0.2, 0.25) is 0 Å². The van der Waals surface area contributed by atoms with Gasteiger partial charge >= 0.3 is 5.97 Å². The number of aromatic hydroxyl groups is 1. The molecule has 1 atom stereocenters. The molecule has 0 bridgehead atoms. The second-order valence-electron chi connectivity index (χ2n) is 5.58. The van der Waals surface area contributed by atoms with Gasteiger partial charge in [0.1, 0.15) is 17.1 Å². The van der Waals surface area contributed by atoms with E-state index < -0.39 is 12.3 Å². The number of anilines is 1. The minimum atomic E-state index is -1.44. The van der Waals surface area contributed by atoms with Gasteiger partial charge in [0.2, 0.25) is 6.29 Å². The second kappa shape index (κ2) is 6.29. The van der Waals surface area contributed by atoms with Crippen molar-refractivity contribution in [3.05, 3.63) is 64.9 Å². The number of fused-ring (bicyclic) bond motifs is 1. The Bertz CT molecular complexity index is 902. The van der Waals surface area contributed by atoms with Gasteiger partial charge in [-0.05, 0) is 37.3 Å². The second-order valence-corrected chi connectivity index (χ2v) is 5.58. The molecule has 7 heteroatoms. The normalized spacial score (nSPS) is 17.8. The van der Waals surface area contributed by atoms with Crippen molar-refractivity contribution in [3.63, 3.8) is 0 Å². The fraction of sp³-hybridized carbons (Fsp3) is 0.111. The third-order valence-electron chi connectivity index (χ3n) is 3.77. The summed E-state index contributed by atoms with van der Waals surface area (Å²) in [6.07, 6.45) is -0.178. The first-order valence-electron chi connectivity index (χ1n) is 7.40. The summed E-state index contributed by atoms with van der Waals surface area (Å²) in [7, 11) is 0. The van der Waals surface area contributed by atoms with Gasteiger partial charge in [0.25, 0.3) is 0 Å². The third-order valence-corrected chi connectivity index (χ3v) is 3.77. The van der Waals surface area contributed by atoms with Crippen molar-refractivity contribution in [2.24, 2.45) is 0 Å². The van der Waals surface area contributed by atoms with Crippen molar-refractivity contribution < 1.29 is 29.6 Å². The Morgan fingerprint density at radius 1 is 1.24 bits per heavy atom. The molecule has 2 aromatic carbocycles.